The van der Waals surface area contributed by atoms with Crippen LogP contribution in [0.25, 0.3) is 0 Å². The number of rotatable bonds is 0. The van der Waals surface area contributed by atoms with Gasteiger partial charge < -0.3 is 20.7 Å². The Hall–Kier alpha value is -0.230. The predicted molar refractivity (Wildman–Crippen MR) is 35.4 cm³/mol. The molecular formula is C6H12FNO3. The molecule has 1 saturated heterocycles. The van der Waals surface area contributed by atoms with Gasteiger partial charge in [0.25, 0.3) is 0 Å². The second-order valence-corrected chi connectivity index (χ2v) is 2.74. The number of hydrogen-bond acceptors (Lipinski definition) is 4. The van der Waals surface area contributed by atoms with Crippen molar-refractivity contribution >= 4 is 0 Å². The van der Waals surface area contributed by atoms with E-state index in [1.807, 2.05) is 0 Å². The number of alkyl halides is 1. The van der Waals surface area contributed by atoms with Crippen LogP contribution in [0, 0.1) is 0 Å². The highest BCUT2D eigenvalue weighted by Crippen LogP contribution is 2.19. The Bertz CT molecular complexity index is 132. The lowest BCUT2D eigenvalue weighted by molar-refractivity contribution is -0.231. The van der Waals surface area contributed by atoms with Crippen molar-refractivity contribution in [2.75, 3.05) is 0 Å². The molecule has 0 aliphatic carbocycles. The first-order chi connectivity index (χ1) is 5.04. The lowest BCUT2D eigenvalue weighted by atomic mass is 9.99. The Kier molecular flexibility index (Phi) is 2.43. The second kappa shape index (κ2) is 3.02. The Morgan fingerprint density at radius 1 is 1.45 bits per heavy atom. The van der Waals surface area contributed by atoms with Gasteiger partial charge in [0.2, 0.25) is 0 Å². The summed E-state index contributed by atoms with van der Waals surface area (Å²) in [5.41, 5.74) is 5.24. The number of halogens is 1. The molecule has 0 saturated carbocycles. The summed E-state index contributed by atoms with van der Waals surface area (Å²) in [4.78, 5) is 0. The summed E-state index contributed by atoms with van der Waals surface area (Å²) in [5.74, 6) is 0. The maximum atomic E-state index is 12.7. The summed E-state index contributed by atoms with van der Waals surface area (Å²) in [6, 6.07) is -1.06. The molecule has 0 aromatic heterocycles. The van der Waals surface area contributed by atoms with E-state index < -0.39 is 30.7 Å². The van der Waals surface area contributed by atoms with Crippen LogP contribution in [0.5, 0.6) is 0 Å². The molecule has 5 atom stereocenters. The van der Waals surface area contributed by atoms with Crippen LogP contribution < -0.4 is 5.73 Å². The van der Waals surface area contributed by atoms with Crippen molar-refractivity contribution in [1.82, 2.24) is 0 Å². The van der Waals surface area contributed by atoms with Crippen LogP contribution in [-0.2, 0) is 4.74 Å². The van der Waals surface area contributed by atoms with Crippen molar-refractivity contribution in [3.05, 3.63) is 0 Å². The van der Waals surface area contributed by atoms with Crippen LogP contribution in [-0.4, -0.2) is 40.9 Å². The molecule has 1 aliphatic heterocycles. The van der Waals surface area contributed by atoms with Gasteiger partial charge >= 0.3 is 0 Å². The summed E-state index contributed by atoms with van der Waals surface area (Å²) in [6.07, 6.45) is -4.88. The molecule has 0 amide bonds. The molecule has 5 heteroatoms. The van der Waals surface area contributed by atoms with E-state index in [-0.39, 0.29) is 0 Å². The smallest absolute Gasteiger partial charge is 0.188 e. The largest absolute Gasteiger partial charge is 0.389 e. The van der Waals surface area contributed by atoms with Gasteiger partial charge in [0.05, 0.1) is 18.2 Å². The van der Waals surface area contributed by atoms with Gasteiger partial charge in [0.1, 0.15) is 0 Å². The maximum Gasteiger partial charge on any atom is 0.188 e. The van der Waals surface area contributed by atoms with Crippen LogP contribution in [0.1, 0.15) is 6.92 Å². The number of hydrogen-bond donors (Lipinski definition) is 3. The molecule has 0 radical (unpaired) electrons. The van der Waals surface area contributed by atoms with E-state index in [1.54, 1.807) is 0 Å². The summed E-state index contributed by atoms with van der Waals surface area (Å²) in [7, 11) is 0. The lowest BCUT2D eigenvalue weighted by Gasteiger charge is -2.36. The predicted octanol–water partition coefficient (Wildman–Crippen LogP) is -1.25. The van der Waals surface area contributed by atoms with Crippen LogP contribution >= 0.6 is 0 Å². The van der Waals surface area contributed by atoms with E-state index in [1.165, 1.54) is 6.92 Å². The Morgan fingerprint density at radius 3 is 2.55 bits per heavy atom. The maximum absolute atomic E-state index is 12.7. The minimum atomic E-state index is -1.71. The molecule has 0 bridgehead atoms. The van der Waals surface area contributed by atoms with E-state index in [0.717, 1.165) is 0 Å². The van der Waals surface area contributed by atoms with Crippen molar-refractivity contribution in [1.29, 1.82) is 0 Å². The van der Waals surface area contributed by atoms with Crippen molar-refractivity contribution in [3.8, 4) is 0 Å². The molecule has 1 fully saturated rings. The topological polar surface area (TPSA) is 75.7 Å². The summed E-state index contributed by atoms with van der Waals surface area (Å²) >= 11 is 0. The molecule has 11 heavy (non-hydrogen) atoms. The van der Waals surface area contributed by atoms with Crippen molar-refractivity contribution in [3.63, 3.8) is 0 Å². The molecule has 4 nitrogen and oxygen atoms in total. The standard InChI is InChI=1S/C6H12FNO3/c1-2-5(9)4(8)3(7)6(10)11-2/h2-6,9-10H,8H2,1H3/t2-,3-,4-,5+,6+/m0/s1. The van der Waals surface area contributed by atoms with Gasteiger partial charge in [-0.05, 0) is 6.92 Å². The van der Waals surface area contributed by atoms with E-state index >= 15 is 0 Å². The van der Waals surface area contributed by atoms with Gasteiger partial charge in [-0.1, -0.05) is 0 Å². The van der Waals surface area contributed by atoms with Gasteiger partial charge in [-0.25, -0.2) is 4.39 Å². The fourth-order valence-corrected chi connectivity index (χ4v) is 1.07. The molecular weight excluding hydrogens is 153 g/mol. The number of aliphatic hydroxyl groups is 2. The number of aliphatic hydroxyl groups excluding tert-OH is 2. The van der Waals surface area contributed by atoms with E-state index in [9.17, 15) is 4.39 Å². The monoisotopic (exact) mass is 165 g/mol. The van der Waals surface area contributed by atoms with Crippen LogP contribution in [0.3, 0.4) is 0 Å². The zero-order valence-electron chi connectivity index (χ0n) is 6.14. The Morgan fingerprint density at radius 2 is 2.00 bits per heavy atom. The van der Waals surface area contributed by atoms with Gasteiger partial charge in [-0.2, -0.15) is 0 Å². The minimum absolute atomic E-state index is 0.619. The Labute approximate surface area is 63.8 Å². The zero-order chi connectivity index (χ0) is 8.59. The third-order valence-electron chi connectivity index (χ3n) is 1.87. The third kappa shape index (κ3) is 1.51. The fourth-order valence-electron chi connectivity index (χ4n) is 1.07. The molecule has 66 valence electrons. The van der Waals surface area contributed by atoms with E-state index in [2.05, 4.69) is 4.74 Å². The molecule has 0 aromatic carbocycles. The van der Waals surface area contributed by atoms with Gasteiger partial charge in [-0.3, -0.25) is 0 Å². The Balaban J connectivity index is 2.63. The molecule has 1 aliphatic rings. The lowest BCUT2D eigenvalue weighted by Crippen LogP contribution is -2.58. The average Bonchev–Trinajstić information content (AvgIpc) is 1.97. The third-order valence-corrected chi connectivity index (χ3v) is 1.87. The summed E-state index contributed by atoms with van der Waals surface area (Å²) in [6.45, 7) is 1.53. The number of nitrogens with two attached hydrogens (primary N) is 1. The summed E-state index contributed by atoms with van der Waals surface area (Å²) < 4.78 is 17.4. The molecule has 0 spiro atoms. The van der Waals surface area contributed by atoms with E-state index in [0.29, 0.717) is 0 Å². The van der Waals surface area contributed by atoms with Crippen LogP contribution in [0.4, 0.5) is 4.39 Å². The van der Waals surface area contributed by atoms with Crippen LogP contribution in [0.2, 0.25) is 0 Å². The van der Waals surface area contributed by atoms with Crippen molar-refractivity contribution < 1.29 is 19.3 Å². The zero-order valence-corrected chi connectivity index (χ0v) is 6.14. The first-order valence-electron chi connectivity index (χ1n) is 3.45. The first kappa shape index (κ1) is 8.86. The molecule has 0 aromatic rings. The van der Waals surface area contributed by atoms with E-state index in [4.69, 9.17) is 15.9 Å². The molecule has 1 rings (SSSR count). The number of ether oxygens (including phenoxy) is 1. The molecule has 0 unspecified atom stereocenters. The van der Waals surface area contributed by atoms with Crippen molar-refractivity contribution in [2.45, 2.75) is 37.6 Å². The fraction of sp³-hybridized carbons (Fsp3) is 1.00. The normalized spacial score (nSPS) is 52.6. The minimum Gasteiger partial charge on any atom is -0.389 e. The van der Waals surface area contributed by atoms with Gasteiger partial charge in [-0.15, -0.1) is 0 Å². The first-order valence-corrected chi connectivity index (χ1v) is 3.45. The second-order valence-electron chi connectivity index (χ2n) is 2.74. The quantitative estimate of drug-likeness (QED) is 0.419. The van der Waals surface area contributed by atoms with Crippen LogP contribution in [0.15, 0.2) is 0 Å². The van der Waals surface area contributed by atoms with Crippen molar-refractivity contribution in [2.24, 2.45) is 5.73 Å². The molecule has 1 heterocycles. The molecule has 4 N–H and O–H groups in total. The van der Waals surface area contributed by atoms with Gasteiger partial charge in [0.15, 0.2) is 12.5 Å². The van der Waals surface area contributed by atoms with Gasteiger partial charge in [0, 0.05) is 0 Å². The summed E-state index contributed by atoms with van der Waals surface area (Å²) in [5, 5.41) is 18.0. The highest BCUT2D eigenvalue weighted by molar-refractivity contribution is 4.89. The SMILES string of the molecule is C[C@@H]1O[C@@H](O)[C@@H](F)[C@H](N)[C@@H]1O. The highest BCUT2D eigenvalue weighted by Gasteiger charge is 2.40. The highest BCUT2D eigenvalue weighted by atomic mass is 19.1. The average molecular weight is 165 g/mol.